The monoisotopic (exact) mass is 286 g/mol. The van der Waals surface area contributed by atoms with Crippen molar-refractivity contribution in [2.45, 2.75) is 31.6 Å². The van der Waals surface area contributed by atoms with Gasteiger partial charge in [0, 0.05) is 11.5 Å². The summed E-state index contributed by atoms with van der Waals surface area (Å²) in [6.07, 6.45) is 5.18. The van der Waals surface area contributed by atoms with Crippen LogP contribution in [0.2, 0.25) is 0 Å². The van der Waals surface area contributed by atoms with Crippen molar-refractivity contribution in [1.29, 1.82) is 0 Å². The van der Waals surface area contributed by atoms with Gasteiger partial charge in [0.2, 0.25) is 0 Å². The maximum atomic E-state index is 9.64. The molecule has 1 aromatic carbocycles. The summed E-state index contributed by atoms with van der Waals surface area (Å²) in [5.41, 5.74) is 0.770. The third-order valence-corrected chi connectivity index (χ3v) is 4.94. The van der Waals surface area contributed by atoms with Gasteiger partial charge in [0.15, 0.2) is 17.3 Å². The molecule has 0 spiro atoms. The van der Waals surface area contributed by atoms with E-state index in [9.17, 15) is 5.11 Å². The quantitative estimate of drug-likeness (QED) is 0.937. The molecule has 2 saturated carbocycles. The van der Waals surface area contributed by atoms with Gasteiger partial charge in [0.05, 0.1) is 7.11 Å². The molecule has 2 fully saturated rings. The normalized spacial score (nSPS) is 27.2. The summed E-state index contributed by atoms with van der Waals surface area (Å²) < 4.78 is 10.5. The first-order chi connectivity index (χ1) is 10.2. The highest BCUT2D eigenvalue weighted by Crippen LogP contribution is 2.52. The molecular weight excluding hydrogens is 268 g/mol. The molecule has 1 aromatic heterocycles. The summed E-state index contributed by atoms with van der Waals surface area (Å²) in [5, 5.41) is 13.8. The number of aromatic hydroxyl groups is 1. The molecule has 5 heteroatoms. The number of rotatable bonds is 3. The number of hydrogen-bond acceptors (Lipinski definition) is 5. The van der Waals surface area contributed by atoms with E-state index in [1.165, 1.54) is 32.8 Å². The second-order valence-corrected chi connectivity index (χ2v) is 6.13. The second kappa shape index (κ2) is 4.76. The Morgan fingerprint density at radius 3 is 2.90 bits per heavy atom. The summed E-state index contributed by atoms with van der Waals surface area (Å²) >= 11 is 0. The topological polar surface area (TPSA) is 68.4 Å². The van der Waals surface area contributed by atoms with Crippen LogP contribution in [0.1, 0.15) is 37.4 Å². The van der Waals surface area contributed by atoms with Crippen molar-refractivity contribution in [3.63, 3.8) is 0 Å². The third kappa shape index (κ3) is 2.07. The number of nitrogens with zero attached hydrogens (tertiary/aromatic N) is 2. The minimum atomic E-state index is 0.106. The molecule has 1 N–H and O–H groups in total. The molecule has 0 amide bonds. The zero-order valence-electron chi connectivity index (χ0n) is 12.0. The molecular formula is C16H18N2O3. The van der Waals surface area contributed by atoms with Crippen molar-refractivity contribution in [1.82, 2.24) is 10.1 Å². The van der Waals surface area contributed by atoms with Gasteiger partial charge < -0.3 is 14.4 Å². The van der Waals surface area contributed by atoms with Crippen molar-refractivity contribution in [3.8, 4) is 23.0 Å². The van der Waals surface area contributed by atoms with E-state index in [0.29, 0.717) is 17.6 Å². The maximum absolute atomic E-state index is 9.64. The van der Waals surface area contributed by atoms with Gasteiger partial charge in [-0.3, -0.25) is 0 Å². The number of benzene rings is 1. The summed E-state index contributed by atoms with van der Waals surface area (Å²) in [6, 6.07) is 5.05. The Morgan fingerprint density at radius 2 is 2.19 bits per heavy atom. The first-order valence-electron chi connectivity index (χ1n) is 7.45. The molecule has 2 bridgehead atoms. The first-order valence-corrected chi connectivity index (χ1v) is 7.45. The average molecular weight is 286 g/mol. The van der Waals surface area contributed by atoms with Crippen molar-refractivity contribution in [3.05, 3.63) is 24.0 Å². The van der Waals surface area contributed by atoms with Gasteiger partial charge in [-0.25, -0.2) is 0 Å². The fraction of sp³-hybridized carbons (Fsp3) is 0.500. The van der Waals surface area contributed by atoms with Crippen molar-refractivity contribution in [2.24, 2.45) is 11.8 Å². The lowest BCUT2D eigenvalue weighted by Crippen LogP contribution is -2.09. The van der Waals surface area contributed by atoms with E-state index in [0.717, 1.165) is 23.2 Å². The SMILES string of the molecule is COc1cc(-c2nc(C3CC4CCC3C4)no2)ccc1O. The minimum Gasteiger partial charge on any atom is -0.504 e. The molecule has 0 aliphatic heterocycles. The molecule has 4 rings (SSSR count). The molecule has 1 heterocycles. The van der Waals surface area contributed by atoms with Crippen LogP contribution < -0.4 is 4.74 Å². The molecule has 3 unspecified atom stereocenters. The van der Waals surface area contributed by atoms with E-state index in [1.54, 1.807) is 18.2 Å². The second-order valence-electron chi connectivity index (χ2n) is 6.13. The van der Waals surface area contributed by atoms with Gasteiger partial charge in [-0.1, -0.05) is 11.6 Å². The molecule has 0 radical (unpaired) electrons. The van der Waals surface area contributed by atoms with Crippen LogP contribution in [0.15, 0.2) is 22.7 Å². The Morgan fingerprint density at radius 1 is 1.29 bits per heavy atom. The Labute approximate surface area is 122 Å². The first kappa shape index (κ1) is 12.7. The van der Waals surface area contributed by atoms with Gasteiger partial charge >= 0.3 is 0 Å². The molecule has 5 nitrogen and oxygen atoms in total. The lowest BCUT2D eigenvalue weighted by Gasteiger charge is -2.17. The number of aromatic nitrogens is 2. The van der Waals surface area contributed by atoms with Crippen LogP contribution in [0.5, 0.6) is 11.5 Å². The van der Waals surface area contributed by atoms with E-state index in [4.69, 9.17) is 9.26 Å². The summed E-state index contributed by atoms with van der Waals surface area (Å²) in [4.78, 5) is 4.57. The summed E-state index contributed by atoms with van der Waals surface area (Å²) in [6.45, 7) is 0. The average Bonchev–Trinajstić information content (AvgIpc) is 3.23. The maximum Gasteiger partial charge on any atom is 0.258 e. The summed E-state index contributed by atoms with van der Waals surface area (Å²) in [7, 11) is 1.52. The van der Waals surface area contributed by atoms with Gasteiger partial charge in [0.1, 0.15) is 0 Å². The Bertz CT molecular complexity index is 667. The van der Waals surface area contributed by atoms with E-state index in [-0.39, 0.29) is 5.75 Å². The van der Waals surface area contributed by atoms with E-state index >= 15 is 0 Å². The van der Waals surface area contributed by atoms with Gasteiger partial charge in [-0.05, 0) is 49.3 Å². The van der Waals surface area contributed by atoms with Crippen LogP contribution >= 0.6 is 0 Å². The number of phenols is 1. The lowest BCUT2D eigenvalue weighted by atomic mass is 9.88. The van der Waals surface area contributed by atoms with Crippen molar-refractivity contribution < 1.29 is 14.4 Å². The van der Waals surface area contributed by atoms with Crippen LogP contribution in [0.25, 0.3) is 11.5 Å². The molecule has 0 saturated heterocycles. The van der Waals surface area contributed by atoms with E-state index in [1.807, 2.05) is 0 Å². The molecule has 3 atom stereocenters. The molecule has 2 aromatic rings. The predicted molar refractivity (Wildman–Crippen MR) is 76.1 cm³/mol. The van der Waals surface area contributed by atoms with E-state index in [2.05, 4.69) is 10.1 Å². The van der Waals surface area contributed by atoms with Crippen LogP contribution in [-0.2, 0) is 0 Å². The number of phenolic OH excluding ortho intramolecular Hbond substituents is 1. The highest BCUT2D eigenvalue weighted by molar-refractivity contribution is 5.59. The highest BCUT2D eigenvalue weighted by Gasteiger charge is 2.42. The summed E-state index contributed by atoms with van der Waals surface area (Å²) in [5.74, 6) is 3.89. The van der Waals surface area contributed by atoms with Crippen LogP contribution in [0, 0.1) is 11.8 Å². The predicted octanol–water partition coefficient (Wildman–Crippen LogP) is 3.35. The molecule has 110 valence electrons. The molecule has 21 heavy (non-hydrogen) atoms. The number of hydrogen-bond donors (Lipinski definition) is 1. The van der Waals surface area contributed by atoms with Gasteiger partial charge in [0.25, 0.3) is 5.89 Å². The standard InChI is InChI=1S/C16H18N2O3/c1-20-14-8-11(4-5-13(14)19)16-17-15(18-21-16)12-7-9-2-3-10(12)6-9/h4-5,8-10,12,19H,2-3,6-7H2,1H3. The molecule has 2 aliphatic rings. The van der Waals surface area contributed by atoms with Gasteiger partial charge in [-0.2, -0.15) is 4.98 Å². The molecule has 2 aliphatic carbocycles. The minimum absolute atomic E-state index is 0.106. The van der Waals surface area contributed by atoms with Crippen molar-refractivity contribution >= 4 is 0 Å². The smallest absolute Gasteiger partial charge is 0.258 e. The number of ether oxygens (including phenoxy) is 1. The largest absolute Gasteiger partial charge is 0.504 e. The van der Waals surface area contributed by atoms with Gasteiger partial charge in [-0.15, -0.1) is 0 Å². The number of fused-ring (bicyclic) bond motifs is 2. The Balaban J connectivity index is 1.62. The highest BCUT2D eigenvalue weighted by atomic mass is 16.5. The Kier molecular flexibility index (Phi) is 2.87. The van der Waals surface area contributed by atoms with Crippen LogP contribution in [0.3, 0.4) is 0 Å². The van der Waals surface area contributed by atoms with Crippen LogP contribution in [-0.4, -0.2) is 22.4 Å². The van der Waals surface area contributed by atoms with Crippen LogP contribution in [0.4, 0.5) is 0 Å². The zero-order valence-corrected chi connectivity index (χ0v) is 12.0. The lowest BCUT2D eigenvalue weighted by molar-refractivity contribution is 0.370. The fourth-order valence-electron chi connectivity index (χ4n) is 3.87. The van der Waals surface area contributed by atoms with E-state index < -0.39 is 0 Å². The fourth-order valence-corrected chi connectivity index (χ4v) is 3.87. The third-order valence-electron chi connectivity index (χ3n) is 4.94. The zero-order chi connectivity index (χ0) is 14.4. The van der Waals surface area contributed by atoms with Crippen molar-refractivity contribution in [2.75, 3.05) is 7.11 Å². The Hall–Kier alpha value is -2.04. The number of methoxy groups -OCH3 is 1.